The molecule has 0 radical (unpaired) electrons. The van der Waals surface area contributed by atoms with E-state index >= 15 is 0 Å². The van der Waals surface area contributed by atoms with Crippen LogP contribution in [0.25, 0.3) is 0 Å². The lowest BCUT2D eigenvalue weighted by atomic mass is 10.1. The third-order valence-corrected chi connectivity index (χ3v) is 4.27. The van der Waals surface area contributed by atoms with E-state index in [0.29, 0.717) is 13.1 Å². The van der Waals surface area contributed by atoms with E-state index in [4.69, 9.17) is 4.42 Å². The Hall–Kier alpha value is -2.56. The first-order valence-corrected chi connectivity index (χ1v) is 8.35. The molecular formula is C19H22N2O3. The van der Waals surface area contributed by atoms with Crippen molar-refractivity contribution in [1.29, 1.82) is 0 Å². The maximum atomic E-state index is 12.4. The number of nitrogens with zero attached hydrogens (tertiary/aromatic N) is 1. The fourth-order valence-corrected chi connectivity index (χ4v) is 2.98. The number of amides is 2. The average Bonchev–Trinajstić information content (AvgIpc) is 3.20. The fraction of sp³-hybridized carbons (Fsp3) is 0.368. The van der Waals surface area contributed by atoms with E-state index < -0.39 is 0 Å². The number of nitrogens with one attached hydrogen (secondary N) is 1. The molecule has 0 aliphatic carbocycles. The molecule has 2 heterocycles. The van der Waals surface area contributed by atoms with Gasteiger partial charge in [-0.25, -0.2) is 0 Å². The van der Waals surface area contributed by atoms with Gasteiger partial charge in [0.2, 0.25) is 11.8 Å². The zero-order valence-electron chi connectivity index (χ0n) is 13.8. The molecular weight excluding hydrogens is 304 g/mol. The Labute approximate surface area is 141 Å². The molecule has 1 saturated heterocycles. The van der Waals surface area contributed by atoms with Crippen LogP contribution in [-0.4, -0.2) is 23.3 Å². The van der Waals surface area contributed by atoms with Gasteiger partial charge in [0.1, 0.15) is 5.76 Å². The summed E-state index contributed by atoms with van der Waals surface area (Å²) in [6.45, 7) is 2.99. The van der Waals surface area contributed by atoms with Crippen LogP contribution < -0.4 is 5.32 Å². The van der Waals surface area contributed by atoms with Crippen molar-refractivity contribution in [2.24, 2.45) is 5.92 Å². The van der Waals surface area contributed by atoms with Crippen LogP contribution in [0.2, 0.25) is 0 Å². The highest BCUT2D eigenvalue weighted by atomic mass is 16.3. The number of hydrogen-bond donors (Lipinski definition) is 1. The minimum absolute atomic E-state index is 0.00940. The van der Waals surface area contributed by atoms with Crippen LogP contribution in [0.5, 0.6) is 0 Å². The second-order valence-electron chi connectivity index (χ2n) is 6.19. The molecule has 3 rings (SSSR count). The van der Waals surface area contributed by atoms with Gasteiger partial charge in [-0.3, -0.25) is 9.59 Å². The summed E-state index contributed by atoms with van der Waals surface area (Å²) in [7, 11) is 0. The SMILES string of the molecule is CCCc1ccc(NC(=O)C2CC(=O)N(Cc3ccco3)C2)cc1. The summed E-state index contributed by atoms with van der Waals surface area (Å²) in [5.41, 5.74) is 2.04. The molecule has 0 saturated carbocycles. The van der Waals surface area contributed by atoms with Crippen LogP contribution in [0.4, 0.5) is 5.69 Å². The van der Waals surface area contributed by atoms with E-state index in [0.717, 1.165) is 24.3 Å². The van der Waals surface area contributed by atoms with Crippen LogP contribution >= 0.6 is 0 Å². The molecule has 24 heavy (non-hydrogen) atoms. The normalized spacial score (nSPS) is 17.3. The monoisotopic (exact) mass is 326 g/mol. The topological polar surface area (TPSA) is 62.6 Å². The van der Waals surface area contributed by atoms with E-state index in [-0.39, 0.29) is 24.2 Å². The van der Waals surface area contributed by atoms with Crippen LogP contribution in [0, 0.1) is 5.92 Å². The highest BCUT2D eigenvalue weighted by Crippen LogP contribution is 2.22. The molecule has 1 unspecified atom stereocenters. The Morgan fingerprint density at radius 1 is 1.29 bits per heavy atom. The molecule has 1 atom stereocenters. The highest BCUT2D eigenvalue weighted by molar-refractivity contribution is 5.97. The van der Waals surface area contributed by atoms with Crippen LogP contribution in [0.15, 0.2) is 47.1 Å². The van der Waals surface area contributed by atoms with Crippen molar-refractivity contribution in [3.05, 3.63) is 54.0 Å². The lowest BCUT2D eigenvalue weighted by molar-refractivity contribution is -0.128. The van der Waals surface area contributed by atoms with E-state index in [1.807, 2.05) is 30.3 Å². The van der Waals surface area contributed by atoms with E-state index in [9.17, 15) is 9.59 Å². The Morgan fingerprint density at radius 3 is 2.75 bits per heavy atom. The second-order valence-corrected chi connectivity index (χ2v) is 6.19. The number of likely N-dealkylation sites (tertiary alicyclic amines) is 1. The van der Waals surface area contributed by atoms with Crippen molar-refractivity contribution >= 4 is 17.5 Å². The summed E-state index contributed by atoms with van der Waals surface area (Å²) in [6, 6.07) is 11.5. The van der Waals surface area contributed by atoms with E-state index in [1.54, 1.807) is 17.2 Å². The maximum absolute atomic E-state index is 12.4. The summed E-state index contributed by atoms with van der Waals surface area (Å²) >= 11 is 0. The number of carbonyl (C=O) groups is 2. The van der Waals surface area contributed by atoms with Gasteiger partial charge in [0.25, 0.3) is 0 Å². The van der Waals surface area contributed by atoms with Gasteiger partial charge in [-0.05, 0) is 36.2 Å². The number of hydrogen-bond acceptors (Lipinski definition) is 3. The minimum Gasteiger partial charge on any atom is -0.467 e. The van der Waals surface area contributed by atoms with Gasteiger partial charge in [-0.1, -0.05) is 25.5 Å². The quantitative estimate of drug-likeness (QED) is 0.886. The van der Waals surface area contributed by atoms with Gasteiger partial charge < -0.3 is 14.6 Å². The summed E-state index contributed by atoms with van der Waals surface area (Å²) in [6.07, 6.45) is 3.97. The van der Waals surface area contributed by atoms with Crippen molar-refractivity contribution in [3.8, 4) is 0 Å². The van der Waals surface area contributed by atoms with E-state index in [1.165, 1.54) is 5.56 Å². The Bertz CT molecular complexity index is 692. The molecule has 0 spiro atoms. The first-order chi connectivity index (χ1) is 11.7. The number of anilines is 1. The molecule has 1 aliphatic heterocycles. The summed E-state index contributed by atoms with van der Waals surface area (Å²) < 4.78 is 5.27. The highest BCUT2D eigenvalue weighted by Gasteiger charge is 2.34. The summed E-state index contributed by atoms with van der Waals surface area (Å²) in [5.74, 6) is 0.303. The molecule has 2 amide bonds. The molecule has 1 aliphatic rings. The van der Waals surface area contributed by atoms with Crippen molar-refractivity contribution in [2.75, 3.05) is 11.9 Å². The molecule has 1 aromatic carbocycles. The van der Waals surface area contributed by atoms with Crippen molar-refractivity contribution < 1.29 is 14.0 Å². The van der Waals surface area contributed by atoms with Gasteiger partial charge in [0.15, 0.2) is 0 Å². The maximum Gasteiger partial charge on any atom is 0.229 e. The first kappa shape index (κ1) is 16.3. The number of benzene rings is 1. The van der Waals surface area contributed by atoms with Gasteiger partial charge in [-0.2, -0.15) is 0 Å². The van der Waals surface area contributed by atoms with Gasteiger partial charge >= 0.3 is 0 Å². The lowest BCUT2D eigenvalue weighted by Gasteiger charge is -2.15. The Kier molecular flexibility index (Phi) is 4.99. The predicted octanol–water partition coefficient (Wildman–Crippen LogP) is 3.22. The standard InChI is InChI=1S/C19H22N2O3/c1-2-4-14-6-8-16(9-7-14)20-19(23)15-11-18(22)21(12-15)13-17-5-3-10-24-17/h3,5-10,15H,2,4,11-13H2,1H3,(H,20,23). The van der Waals surface area contributed by atoms with E-state index in [2.05, 4.69) is 12.2 Å². The summed E-state index contributed by atoms with van der Waals surface area (Å²) in [4.78, 5) is 26.2. The molecule has 1 fully saturated rings. The Balaban J connectivity index is 1.56. The zero-order chi connectivity index (χ0) is 16.9. The fourth-order valence-electron chi connectivity index (χ4n) is 2.98. The van der Waals surface area contributed by atoms with Crippen molar-refractivity contribution in [3.63, 3.8) is 0 Å². The number of carbonyl (C=O) groups excluding carboxylic acids is 2. The largest absolute Gasteiger partial charge is 0.467 e. The van der Waals surface area contributed by atoms with Gasteiger partial charge in [-0.15, -0.1) is 0 Å². The molecule has 126 valence electrons. The third kappa shape index (κ3) is 3.85. The predicted molar refractivity (Wildman–Crippen MR) is 91.3 cm³/mol. The van der Waals surface area contributed by atoms with Crippen LogP contribution in [0.3, 0.4) is 0 Å². The van der Waals surface area contributed by atoms with Gasteiger partial charge in [0, 0.05) is 18.7 Å². The average molecular weight is 326 g/mol. The second kappa shape index (κ2) is 7.34. The Morgan fingerprint density at radius 2 is 2.08 bits per heavy atom. The van der Waals surface area contributed by atoms with Crippen LogP contribution in [0.1, 0.15) is 31.1 Å². The smallest absolute Gasteiger partial charge is 0.229 e. The lowest BCUT2D eigenvalue weighted by Crippen LogP contribution is -2.27. The van der Waals surface area contributed by atoms with Crippen molar-refractivity contribution in [1.82, 2.24) is 4.90 Å². The van der Waals surface area contributed by atoms with Crippen molar-refractivity contribution in [2.45, 2.75) is 32.7 Å². The summed E-state index contributed by atoms with van der Waals surface area (Å²) in [5, 5.41) is 2.91. The number of aryl methyl sites for hydroxylation is 1. The third-order valence-electron chi connectivity index (χ3n) is 4.27. The molecule has 2 aromatic rings. The molecule has 0 bridgehead atoms. The number of furan rings is 1. The number of rotatable bonds is 6. The molecule has 5 heteroatoms. The molecule has 5 nitrogen and oxygen atoms in total. The molecule has 1 aromatic heterocycles. The first-order valence-electron chi connectivity index (χ1n) is 8.35. The van der Waals surface area contributed by atoms with Gasteiger partial charge in [0.05, 0.1) is 18.7 Å². The zero-order valence-corrected chi connectivity index (χ0v) is 13.8. The molecule has 1 N–H and O–H groups in total. The minimum atomic E-state index is -0.317. The van der Waals surface area contributed by atoms with Crippen LogP contribution in [-0.2, 0) is 22.6 Å².